The van der Waals surface area contributed by atoms with Gasteiger partial charge in [0.2, 0.25) is 5.43 Å². The summed E-state index contributed by atoms with van der Waals surface area (Å²) < 4.78 is 7.74. The number of rotatable bonds is 2. The summed E-state index contributed by atoms with van der Waals surface area (Å²) in [5, 5.41) is 9.68. The van der Waals surface area contributed by atoms with Gasteiger partial charge < -0.3 is 19.3 Å². The number of likely N-dealkylation sites (tertiary alicyclic amines) is 1. The van der Waals surface area contributed by atoms with Gasteiger partial charge in [-0.2, -0.15) is 0 Å². The zero-order valence-electron chi connectivity index (χ0n) is 15.9. The quantitative estimate of drug-likeness (QED) is 0.749. The third-order valence-electron chi connectivity index (χ3n) is 4.51. The number of hydrogen-bond donors (Lipinski definition) is 1. The number of carbonyl (C=O) groups excluding carboxylic acids is 1. The molecule has 0 spiro atoms. The second-order valence-corrected chi connectivity index (χ2v) is 8.75. The number of piperidine rings is 1. The van der Waals surface area contributed by atoms with Crippen LogP contribution >= 0.6 is 15.9 Å². The summed E-state index contributed by atoms with van der Waals surface area (Å²) >= 11 is 3.28. The van der Waals surface area contributed by atoms with Gasteiger partial charge in [-0.05, 0) is 55.6 Å². The lowest BCUT2D eigenvalue weighted by atomic mass is 10.0. The van der Waals surface area contributed by atoms with Crippen molar-refractivity contribution in [3.05, 3.63) is 38.7 Å². The molecule has 2 aromatic rings. The zero-order valence-corrected chi connectivity index (χ0v) is 17.5. The van der Waals surface area contributed by atoms with E-state index in [0.29, 0.717) is 23.2 Å². The van der Waals surface area contributed by atoms with Crippen LogP contribution in [0.5, 0.6) is 0 Å². The van der Waals surface area contributed by atoms with E-state index in [1.165, 1.54) is 6.20 Å². The molecule has 0 radical (unpaired) electrons. The van der Waals surface area contributed by atoms with Crippen LogP contribution in [0, 0.1) is 0 Å². The van der Waals surface area contributed by atoms with E-state index in [1.807, 2.05) is 20.8 Å². The van der Waals surface area contributed by atoms with Gasteiger partial charge >= 0.3 is 12.1 Å². The Morgan fingerprint density at radius 2 is 2.07 bits per heavy atom. The first-order valence-electron chi connectivity index (χ1n) is 8.98. The van der Waals surface area contributed by atoms with Gasteiger partial charge in [0.25, 0.3) is 0 Å². The van der Waals surface area contributed by atoms with E-state index in [2.05, 4.69) is 20.9 Å². The Hall–Kier alpha value is -2.42. The van der Waals surface area contributed by atoms with Crippen molar-refractivity contribution in [2.24, 2.45) is 0 Å². The number of aromatic nitrogens is 2. The number of carbonyl (C=O) groups is 2. The largest absolute Gasteiger partial charge is 0.477 e. The molecule has 8 nitrogen and oxygen atoms in total. The number of ether oxygens (including phenoxy) is 1. The van der Waals surface area contributed by atoms with Gasteiger partial charge in [0.1, 0.15) is 16.8 Å². The minimum absolute atomic E-state index is 0.212. The number of hydrogen-bond acceptors (Lipinski definition) is 5. The molecule has 2 aromatic heterocycles. The molecule has 0 saturated carbocycles. The molecule has 3 heterocycles. The predicted molar refractivity (Wildman–Crippen MR) is 107 cm³/mol. The summed E-state index contributed by atoms with van der Waals surface area (Å²) in [5.41, 5.74) is -1.10. The van der Waals surface area contributed by atoms with Crippen molar-refractivity contribution < 1.29 is 19.4 Å². The van der Waals surface area contributed by atoms with Crippen molar-refractivity contribution in [2.45, 2.75) is 45.3 Å². The number of carboxylic acids is 1. The van der Waals surface area contributed by atoms with Gasteiger partial charge in [-0.3, -0.25) is 4.79 Å². The van der Waals surface area contributed by atoms with Crippen molar-refractivity contribution in [2.75, 3.05) is 13.1 Å². The molecule has 1 aliphatic rings. The molecule has 150 valence electrons. The first-order valence-corrected chi connectivity index (χ1v) is 9.78. The number of nitrogens with zero attached hydrogens (tertiary/aromatic N) is 3. The number of aromatic carboxylic acids is 1. The first-order chi connectivity index (χ1) is 13.1. The summed E-state index contributed by atoms with van der Waals surface area (Å²) in [4.78, 5) is 42.5. The fourth-order valence-corrected chi connectivity index (χ4v) is 3.64. The molecule has 3 rings (SSSR count). The molecule has 9 heteroatoms. The maximum atomic E-state index is 12.5. The normalized spacial score (nSPS) is 17.6. The third kappa shape index (κ3) is 4.19. The van der Waals surface area contributed by atoms with Gasteiger partial charge in [0.15, 0.2) is 0 Å². The minimum atomic E-state index is -1.29. The van der Waals surface area contributed by atoms with Crippen LogP contribution in [0.2, 0.25) is 0 Å². The number of amides is 1. The van der Waals surface area contributed by atoms with Crippen LogP contribution < -0.4 is 5.43 Å². The second kappa shape index (κ2) is 7.54. The van der Waals surface area contributed by atoms with Crippen LogP contribution in [-0.2, 0) is 4.74 Å². The van der Waals surface area contributed by atoms with Crippen molar-refractivity contribution in [1.82, 2.24) is 14.5 Å². The maximum absolute atomic E-state index is 12.5. The predicted octanol–water partition coefficient (Wildman–Crippen LogP) is 3.43. The highest BCUT2D eigenvalue weighted by Gasteiger charge is 2.30. The Labute approximate surface area is 170 Å². The lowest BCUT2D eigenvalue weighted by Gasteiger charge is -2.35. The van der Waals surface area contributed by atoms with Gasteiger partial charge in [-0.15, -0.1) is 0 Å². The minimum Gasteiger partial charge on any atom is -0.477 e. The van der Waals surface area contributed by atoms with Crippen molar-refractivity contribution in [3.8, 4) is 0 Å². The highest BCUT2D eigenvalue weighted by Crippen LogP contribution is 2.26. The van der Waals surface area contributed by atoms with Gasteiger partial charge in [-0.1, -0.05) is 0 Å². The Balaban J connectivity index is 2.03. The monoisotopic (exact) mass is 451 g/mol. The van der Waals surface area contributed by atoms with Gasteiger partial charge in [0.05, 0.1) is 11.4 Å². The molecule has 0 bridgehead atoms. The Morgan fingerprint density at radius 1 is 1.36 bits per heavy atom. The lowest BCUT2D eigenvalue weighted by Crippen LogP contribution is -2.43. The Kier molecular flexibility index (Phi) is 5.47. The van der Waals surface area contributed by atoms with E-state index in [0.717, 1.165) is 12.8 Å². The number of carboxylic acid groups (broad SMARTS) is 1. The SMILES string of the molecule is CC(C)(C)OC(=O)N1CCC[C@@H](n2cc(C(=O)O)c(=O)c3cc(Br)cnc32)C1. The number of fused-ring (bicyclic) bond motifs is 1. The molecule has 1 fully saturated rings. The van der Waals surface area contributed by atoms with Crippen LogP contribution in [0.25, 0.3) is 11.0 Å². The van der Waals surface area contributed by atoms with Crippen LogP contribution in [0.4, 0.5) is 4.79 Å². The molecule has 1 atom stereocenters. The fraction of sp³-hybridized carbons (Fsp3) is 0.474. The Bertz CT molecular complexity index is 995. The molecule has 1 N–H and O–H groups in total. The van der Waals surface area contributed by atoms with Crippen LogP contribution in [0.15, 0.2) is 27.7 Å². The van der Waals surface area contributed by atoms with Crippen molar-refractivity contribution >= 4 is 39.0 Å². The van der Waals surface area contributed by atoms with Crippen LogP contribution in [-0.4, -0.2) is 50.3 Å². The Morgan fingerprint density at radius 3 is 2.71 bits per heavy atom. The van der Waals surface area contributed by atoms with E-state index >= 15 is 0 Å². The van der Waals surface area contributed by atoms with Gasteiger partial charge in [0, 0.05) is 30.0 Å². The van der Waals surface area contributed by atoms with Crippen LogP contribution in [0.1, 0.15) is 50.0 Å². The topological polar surface area (TPSA) is 102 Å². The van der Waals surface area contributed by atoms with Crippen LogP contribution in [0.3, 0.4) is 0 Å². The summed E-state index contributed by atoms with van der Waals surface area (Å²) in [5.74, 6) is -1.29. The molecule has 1 aliphatic heterocycles. The highest BCUT2D eigenvalue weighted by atomic mass is 79.9. The van der Waals surface area contributed by atoms with E-state index in [1.54, 1.807) is 21.7 Å². The molecule has 1 amide bonds. The van der Waals surface area contributed by atoms with Crippen molar-refractivity contribution in [3.63, 3.8) is 0 Å². The second-order valence-electron chi connectivity index (χ2n) is 7.83. The fourth-order valence-electron chi connectivity index (χ4n) is 3.31. The number of halogens is 1. The molecule has 0 aromatic carbocycles. The molecular weight excluding hydrogens is 430 g/mol. The summed E-state index contributed by atoms with van der Waals surface area (Å²) in [7, 11) is 0. The molecule has 28 heavy (non-hydrogen) atoms. The zero-order chi connectivity index (χ0) is 20.6. The maximum Gasteiger partial charge on any atom is 0.410 e. The van der Waals surface area contributed by atoms with E-state index in [-0.39, 0.29) is 17.0 Å². The van der Waals surface area contributed by atoms with Gasteiger partial charge in [-0.25, -0.2) is 14.6 Å². The van der Waals surface area contributed by atoms with E-state index < -0.39 is 23.1 Å². The first kappa shape index (κ1) is 20.3. The smallest absolute Gasteiger partial charge is 0.410 e. The lowest BCUT2D eigenvalue weighted by molar-refractivity contribution is 0.0173. The average molecular weight is 452 g/mol. The molecule has 1 saturated heterocycles. The standard InChI is InChI=1S/C19H22BrN3O5/c1-19(2,3)28-18(27)22-6-4-5-12(9-22)23-10-14(17(25)26)15(24)13-7-11(20)8-21-16(13)23/h7-8,10,12H,4-6,9H2,1-3H3,(H,25,26)/t12-/m1/s1. The molecular formula is C19H22BrN3O5. The summed E-state index contributed by atoms with van der Waals surface area (Å²) in [6.07, 6.45) is 3.95. The third-order valence-corrected chi connectivity index (χ3v) is 4.94. The van der Waals surface area contributed by atoms with E-state index in [4.69, 9.17) is 4.74 Å². The number of pyridine rings is 2. The summed E-state index contributed by atoms with van der Waals surface area (Å²) in [6.45, 7) is 6.34. The average Bonchev–Trinajstić information content (AvgIpc) is 2.61. The van der Waals surface area contributed by atoms with E-state index in [9.17, 15) is 19.5 Å². The van der Waals surface area contributed by atoms with Crippen molar-refractivity contribution in [1.29, 1.82) is 0 Å². The molecule has 0 unspecified atom stereocenters. The highest BCUT2D eigenvalue weighted by molar-refractivity contribution is 9.10. The molecule has 0 aliphatic carbocycles. The summed E-state index contributed by atoms with van der Waals surface area (Å²) in [6, 6.07) is 1.36.